The number of halogens is 1. The first kappa shape index (κ1) is 22.2. The third-order valence-electron chi connectivity index (χ3n) is 5.12. The first-order valence-corrected chi connectivity index (χ1v) is 10.9. The second kappa shape index (κ2) is 10.6. The average Bonchev–Trinajstić information content (AvgIpc) is 2.86. The van der Waals surface area contributed by atoms with Crippen molar-refractivity contribution in [2.75, 3.05) is 5.32 Å². The van der Waals surface area contributed by atoms with Gasteiger partial charge in [-0.25, -0.2) is 0 Å². The van der Waals surface area contributed by atoms with Crippen LogP contribution in [0.3, 0.4) is 0 Å². The van der Waals surface area contributed by atoms with Crippen molar-refractivity contribution in [3.8, 4) is 0 Å². The predicted octanol–water partition coefficient (Wildman–Crippen LogP) is 5.76. The molecule has 3 aromatic carbocycles. The van der Waals surface area contributed by atoms with Crippen LogP contribution >= 0.6 is 11.6 Å². The van der Waals surface area contributed by atoms with E-state index in [9.17, 15) is 9.59 Å². The van der Waals surface area contributed by atoms with Crippen LogP contribution in [0.1, 0.15) is 27.7 Å². The number of nitrogens with one attached hydrogen (secondary N) is 1. The smallest absolute Gasteiger partial charge is 0.255 e. The number of aromatic nitrogens is 1. The lowest BCUT2D eigenvalue weighted by Gasteiger charge is -2.31. The maximum Gasteiger partial charge on any atom is 0.255 e. The first-order valence-electron chi connectivity index (χ1n) is 10.5. The van der Waals surface area contributed by atoms with Crippen molar-refractivity contribution in [2.24, 2.45) is 0 Å². The summed E-state index contributed by atoms with van der Waals surface area (Å²) in [5.41, 5.74) is 2.46. The lowest BCUT2D eigenvalue weighted by Crippen LogP contribution is -2.41. The molecule has 0 saturated carbocycles. The quantitative estimate of drug-likeness (QED) is 0.385. The van der Waals surface area contributed by atoms with Crippen LogP contribution in [0, 0.1) is 0 Å². The fraction of sp³-hybridized carbons (Fsp3) is 0.0741. The number of hydrogen-bond donors (Lipinski definition) is 1. The van der Waals surface area contributed by atoms with Crippen molar-refractivity contribution in [1.29, 1.82) is 0 Å². The van der Waals surface area contributed by atoms with Gasteiger partial charge in [-0.3, -0.25) is 14.6 Å². The molecule has 0 saturated heterocycles. The lowest BCUT2D eigenvalue weighted by atomic mass is 10.1. The zero-order valence-corrected chi connectivity index (χ0v) is 18.5. The summed E-state index contributed by atoms with van der Waals surface area (Å²) in [4.78, 5) is 33.2. The molecule has 0 fully saturated rings. The zero-order chi connectivity index (χ0) is 23.0. The van der Waals surface area contributed by atoms with Gasteiger partial charge in [-0.1, -0.05) is 66.2 Å². The van der Waals surface area contributed by atoms with Crippen LogP contribution < -0.4 is 5.32 Å². The van der Waals surface area contributed by atoms with Crippen molar-refractivity contribution in [2.45, 2.75) is 12.6 Å². The third kappa shape index (κ3) is 5.64. The van der Waals surface area contributed by atoms with E-state index in [0.29, 0.717) is 22.0 Å². The molecular formula is C27H22ClN3O2. The van der Waals surface area contributed by atoms with E-state index in [1.807, 2.05) is 36.4 Å². The average molecular weight is 456 g/mol. The number of anilines is 1. The molecule has 4 rings (SSSR count). The van der Waals surface area contributed by atoms with Crippen LogP contribution in [0.25, 0.3) is 0 Å². The summed E-state index contributed by atoms with van der Waals surface area (Å²) in [5, 5.41) is 3.48. The summed E-state index contributed by atoms with van der Waals surface area (Å²) in [5.74, 6) is -0.627. The number of hydrogen-bond acceptors (Lipinski definition) is 3. The van der Waals surface area contributed by atoms with E-state index in [2.05, 4.69) is 10.3 Å². The van der Waals surface area contributed by atoms with E-state index in [-0.39, 0.29) is 18.4 Å². The molecule has 1 heterocycles. The number of carbonyl (C=O) groups excluding carboxylic acids is 2. The molecule has 2 amide bonds. The Labute approximate surface area is 197 Å². The van der Waals surface area contributed by atoms with Gasteiger partial charge in [-0.05, 0) is 54.1 Å². The number of nitrogens with zero attached hydrogens (tertiary/aromatic N) is 2. The van der Waals surface area contributed by atoms with Gasteiger partial charge in [-0.2, -0.15) is 0 Å². The summed E-state index contributed by atoms with van der Waals surface area (Å²) in [6, 6.07) is 29.7. The van der Waals surface area contributed by atoms with E-state index < -0.39 is 6.04 Å². The van der Waals surface area contributed by atoms with Crippen molar-refractivity contribution in [3.63, 3.8) is 0 Å². The topological polar surface area (TPSA) is 62.3 Å². The second-order valence-electron chi connectivity index (χ2n) is 7.44. The van der Waals surface area contributed by atoms with Crippen molar-refractivity contribution in [3.05, 3.63) is 131 Å². The minimum Gasteiger partial charge on any atom is -0.324 e. The Morgan fingerprint density at radius 3 is 2.09 bits per heavy atom. The number of benzene rings is 3. The summed E-state index contributed by atoms with van der Waals surface area (Å²) >= 11 is 5.98. The van der Waals surface area contributed by atoms with Gasteiger partial charge in [-0.15, -0.1) is 0 Å². The molecular weight excluding hydrogens is 434 g/mol. The van der Waals surface area contributed by atoms with E-state index in [0.717, 1.165) is 5.56 Å². The minimum absolute atomic E-state index is 0.240. The van der Waals surface area contributed by atoms with Crippen molar-refractivity contribution < 1.29 is 9.59 Å². The molecule has 164 valence electrons. The van der Waals surface area contributed by atoms with Crippen LogP contribution in [0.15, 0.2) is 109 Å². The van der Waals surface area contributed by atoms with Crippen LogP contribution in [-0.4, -0.2) is 21.7 Å². The second-order valence-corrected chi connectivity index (χ2v) is 7.87. The fourth-order valence-corrected chi connectivity index (χ4v) is 3.65. The summed E-state index contributed by atoms with van der Waals surface area (Å²) < 4.78 is 0. The molecule has 0 aliphatic heterocycles. The molecule has 0 spiro atoms. The van der Waals surface area contributed by atoms with Gasteiger partial charge in [0.05, 0.1) is 5.69 Å². The molecule has 0 radical (unpaired) electrons. The highest BCUT2D eigenvalue weighted by atomic mass is 35.5. The molecule has 0 bridgehead atoms. The third-order valence-corrected chi connectivity index (χ3v) is 5.37. The Morgan fingerprint density at radius 2 is 1.45 bits per heavy atom. The SMILES string of the molecule is O=C(Nc1ccc(Cl)cc1)C(c1ccccn1)N(Cc1ccccc1)C(=O)c1ccccc1. The monoisotopic (exact) mass is 455 g/mol. The standard InChI is InChI=1S/C27H22ClN3O2/c28-22-14-16-23(17-15-22)30-26(32)25(24-13-7-8-18-29-24)31(19-20-9-3-1-4-10-20)27(33)21-11-5-2-6-12-21/h1-18,25H,19H2,(H,30,32). The Hall–Kier alpha value is -3.96. The summed E-state index contributed by atoms with van der Waals surface area (Å²) in [6.07, 6.45) is 1.62. The number of carbonyl (C=O) groups is 2. The normalized spacial score (nSPS) is 11.4. The van der Waals surface area contributed by atoms with Crippen molar-refractivity contribution in [1.82, 2.24) is 9.88 Å². The van der Waals surface area contributed by atoms with E-state index in [1.54, 1.807) is 77.8 Å². The minimum atomic E-state index is -0.949. The first-order chi connectivity index (χ1) is 16.1. The highest BCUT2D eigenvalue weighted by molar-refractivity contribution is 6.30. The molecule has 1 unspecified atom stereocenters. The fourth-order valence-electron chi connectivity index (χ4n) is 3.52. The van der Waals surface area contributed by atoms with Gasteiger partial charge in [0, 0.05) is 29.0 Å². The number of pyridine rings is 1. The Bertz CT molecular complexity index is 1200. The molecule has 1 atom stereocenters. The van der Waals surface area contributed by atoms with Crippen LogP contribution in [-0.2, 0) is 11.3 Å². The number of amides is 2. The number of rotatable bonds is 7. The van der Waals surface area contributed by atoms with Crippen LogP contribution in [0.2, 0.25) is 5.02 Å². The molecule has 33 heavy (non-hydrogen) atoms. The Morgan fingerprint density at radius 1 is 0.818 bits per heavy atom. The van der Waals surface area contributed by atoms with E-state index in [1.165, 1.54) is 0 Å². The molecule has 0 aliphatic rings. The van der Waals surface area contributed by atoms with Gasteiger partial charge >= 0.3 is 0 Å². The molecule has 1 aromatic heterocycles. The summed E-state index contributed by atoms with van der Waals surface area (Å²) in [6.45, 7) is 0.240. The van der Waals surface area contributed by atoms with Gasteiger partial charge in [0.1, 0.15) is 0 Å². The van der Waals surface area contributed by atoms with Crippen LogP contribution in [0.4, 0.5) is 5.69 Å². The maximum atomic E-state index is 13.7. The van der Waals surface area contributed by atoms with Gasteiger partial charge in [0.15, 0.2) is 6.04 Å². The molecule has 1 N–H and O–H groups in total. The predicted molar refractivity (Wildman–Crippen MR) is 130 cm³/mol. The molecule has 5 nitrogen and oxygen atoms in total. The van der Waals surface area contributed by atoms with Gasteiger partial charge < -0.3 is 10.2 Å². The van der Waals surface area contributed by atoms with Gasteiger partial charge in [0.2, 0.25) is 0 Å². The van der Waals surface area contributed by atoms with E-state index in [4.69, 9.17) is 11.6 Å². The molecule has 6 heteroatoms. The van der Waals surface area contributed by atoms with Gasteiger partial charge in [0.25, 0.3) is 11.8 Å². The maximum absolute atomic E-state index is 13.7. The van der Waals surface area contributed by atoms with E-state index >= 15 is 0 Å². The zero-order valence-electron chi connectivity index (χ0n) is 17.8. The largest absolute Gasteiger partial charge is 0.324 e. The highest BCUT2D eigenvalue weighted by Gasteiger charge is 2.33. The van der Waals surface area contributed by atoms with Crippen LogP contribution in [0.5, 0.6) is 0 Å². The Balaban J connectivity index is 1.75. The summed E-state index contributed by atoms with van der Waals surface area (Å²) in [7, 11) is 0. The lowest BCUT2D eigenvalue weighted by molar-refractivity contribution is -0.121. The molecule has 0 aliphatic carbocycles. The Kier molecular flexibility index (Phi) is 7.12. The van der Waals surface area contributed by atoms with Crippen molar-refractivity contribution >= 4 is 29.1 Å². The highest BCUT2D eigenvalue weighted by Crippen LogP contribution is 2.26. The molecule has 4 aromatic rings.